The molecule has 1 N–H and O–H groups in total. The molecule has 4 aromatic rings. The third-order valence-electron chi connectivity index (χ3n) is 5.67. The van der Waals surface area contributed by atoms with Crippen LogP contribution in [0.25, 0.3) is 11.0 Å². The lowest BCUT2D eigenvalue weighted by atomic mass is 10.1. The number of carbonyl (C=O) groups is 1. The fourth-order valence-corrected chi connectivity index (χ4v) is 4.53. The SMILES string of the molecule is Cn1c(Cc2cccs2)nc2cc(C(=O)N(Cc3ccc(O)cc3)C3CC3)ccc21. The van der Waals surface area contributed by atoms with Crippen LogP contribution in [0.1, 0.15) is 39.5 Å². The second-order valence-corrected chi connectivity index (χ2v) is 8.91. The first kappa shape index (κ1) is 18.9. The molecule has 2 heterocycles. The number of rotatable bonds is 6. The number of amides is 1. The maximum Gasteiger partial charge on any atom is 0.254 e. The predicted octanol–water partition coefficient (Wildman–Crippen LogP) is 4.74. The van der Waals surface area contributed by atoms with E-state index >= 15 is 0 Å². The molecule has 2 aromatic heterocycles. The van der Waals surface area contributed by atoms with E-state index < -0.39 is 0 Å². The van der Waals surface area contributed by atoms with E-state index in [0.717, 1.165) is 41.7 Å². The summed E-state index contributed by atoms with van der Waals surface area (Å²) in [7, 11) is 2.03. The average molecular weight is 418 g/mol. The molecule has 152 valence electrons. The number of nitrogens with zero attached hydrogens (tertiary/aromatic N) is 3. The summed E-state index contributed by atoms with van der Waals surface area (Å²) in [4.78, 5) is 21.4. The van der Waals surface area contributed by atoms with Crippen molar-refractivity contribution in [1.82, 2.24) is 14.5 Å². The minimum atomic E-state index is 0.0398. The number of fused-ring (bicyclic) bond motifs is 1. The van der Waals surface area contributed by atoms with Crippen molar-refractivity contribution in [3.8, 4) is 5.75 Å². The van der Waals surface area contributed by atoms with E-state index in [4.69, 9.17) is 4.98 Å². The number of benzene rings is 2. The molecule has 0 radical (unpaired) electrons. The summed E-state index contributed by atoms with van der Waals surface area (Å²) in [5.41, 5.74) is 3.59. The van der Waals surface area contributed by atoms with Crippen LogP contribution in [-0.4, -0.2) is 31.5 Å². The van der Waals surface area contributed by atoms with Gasteiger partial charge in [0.15, 0.2) is 0 Å². The molecule has 0 atom stereocenters. The summed E-state index contributed by atoms with van der Waals surface area (Å²) >= 11 is 1.73. The lowest BCUT2D eigenvalue weighted by Gasteiger charge is -2.23. The number of carbonyl (C=O) groups excluding carboxylic acids is 1. The number of aryl methyl sites for hydroxylation is 1. The Labute approximate surface area is 179 Å². The zero-order valence-corrected chi connectivity index (χ0v) is 17.6. The molecule has 1 aliphatic rings. The molecule has 6 heteroatoms. The number of aromatic nitrogens is 2. The molecule has 0 bridgehead atoms. The molecule has 5 nitrogen and oxygen atoms in total. The van der Waals surface area contributed by atoms with Crippen LogP contribution in [0.4, 0.5) is 0 Å². The van der Waals surface area contributed by atoms with Crippen molar-refractivity contribution in [3.63, 3.8) is 0 Å². The fourth-order valence-electron chi connectivity index (χ4n) is 3.83. The lowest BCUT2D eigenvalue weighted by molar-refractivity contribution is 0.0730. The van der Waals surface area contributed by atoms with Crippen LogP contribution in [0.3, 0.4) is 0 Å². The van der Waals surface area contributed by atoms with E-state index in [1.165, 1.54) is 4.88 Å². The number of phenolic OH excluding ortho intramolecular Hbond substituents is 1. The van der Waals surface area contributed by atoms with Gasteiger partial charge in [-0.3, -0.25) is 4.79 Å². The smallest absolute Gasteiger partial charge is 0.254 e. The van der Waals surface area contributed by atoms with Crippen molar-refractivity contribution >= 4 is 28.3 Å². The van der Waals surface area contributed by atoms with Gasteiger partial charge < -0.3 is 14.6 Å². The summed E-state index contributed by atoms with van der Waals surface area (Å²) in [5, 5.41) is 11.6. The quantitative estimate of drug-likeness (QED) is 0.493. The van der Waals surface area contributed by atoms with Gasteiger partial charge in [0.25, 0.3) is 5.91 Å². The molecule has 0 spiro atoms. The monoisotopic (exact) mass is 417 g/mol. The number of hydrogen-bond donors (Lipinski definition) is 1. The van der Waals surface area contributed by atoms with Crippen molar-refractivity contribution < 1.29 is 9.90 Å². The summed E-state index contributed by atoms with van der Waals surface area (Å²) < 4.78 is 2.11. The Morgan fingerprint density at radius 2 is 2.00 bits per heavy atom. The molecular formula is C24H23N3O2S. The predicted molar refractivity (Wildman–Crippen MR) is 119 cm³/mol. The van der Waals surface area contributed by atoms with Gasteiger partial charge in [-0.1, -0.05) is 18.2 Å². The molecule has 30 heavy (non-hydrogen) atoms. The van der Waals surface area contributed by atoms with Gasteiger partial charge in [0, 0.05) is 36.5 Å². The molecule has 1 amide bonds. The molecule has 0 unspecified atom stereocenters. The van der Waals surface area contributed by atoms with E-state index in [1.54, 1.807) is 23.5 Å². The standard InChI is InChI=1S/C24H23N3O2S/c1-26-22-11-6-17(13-21(22)25-23(26)14-20-3-2-12-30-20)24(29)27(18-7-8-18)15-16-4-9-19(28)10-5-16/h2-6,9-13,18,28H,7-8,14-15H2,1H3. The van der Waals surface area contributed by atoms with Gasteiger partial charge in [-0.25, -0.2) is 4.98 Å². The van der Waals surface area contributed by atoms with Gasteiger partial charge in [-0.2, -0.15) is 0 Å². The second-order valence-electron chi connectivity index (χ2n) is 7.88. The minimum Gasteiger partial charge on any atom is -0.508 e. The highest BCUT2D eigenvalue weighted by Gasteiger charge is 2.33. The van der Waals surface area contributed by atoms with Gasteiger partial charge in [0.1, 0.15) is 11.6 Å². The normalized spacial score (nSPS) is 13.6. The Morgan fingerprint density at radius 3 is 2.70 bits per heavy atom. The number of aromatic hydroxyl groups is 1. The van der Waals surface area contributed by atoms with Crippen LogP contribution in [0.15, 0.2) is 60.0 Å². The van der Waals surface area contributed by atoms with Crippen LogP contribution >= 0.6 is 11.3 Å². The fraction of sp³-hybridized carbons (Fsp3) is 0.250. The van der Waals surface area contributed by atoms with E-state index in [9.17, 15) is 9.90 Å². The Kier molecular flexibility index (Phi) is 4.79. The van der Waals surface area contributed by atoms with Crippen molar-refractivity contribution in [2.24, 2.45) is 7.05 Å². The molecule has 5 rings (SSSR count). The molecule has 1 fully saturated rings. The van der Waals surface area contributed by atoms with Gasteiger partial charge in [0.05, 0.1) is 11.0 Å². The molecule has 0 saturated heterocycles. The Morgan fingerprint density at radius 1 is 1.20 bits per heavy atom. The molecule has 0 aliphatic heterocycles. The van der Waals surface area contributed by atoms with Crippen LogP contribution in [0, 0.1) is 0 Å². The van der Waals surface area contributed by atoms with Crippen molar-refractivity contribution in [2.75, 3.05) is 0 Å². The Hall–Kier alpha value is -3.12. The van der Waals surface area contributed by atoms with Crippen LogP contribution in [0.2, 0.25) is 0 Å². The molecule has 2 aromatic carbocycles. The van der Waals surface area contributed by atoms with Gasteiger partial charge in [0.2, 0.25) is 0 Å². The first-order valence-corrected chi connectivity index (χ1v) is 11.0. The van der Waals surface area contributed by atoms with E-state index in [1.807, 2.05) is 42.3 Å². The first-order chi connectivity index (χ1) is 14.6. The number of hydrogen-bond acceptors (Lipinski definition) is 4. The highest BCUT2D eigenvalue weighted by molar-refractivity contribution is 7.09. The van der Waals surface area contributed by atoms with E-state index in [2.05, 4.69) is 22.1 Å². The Balaban J connectivity index is 1.42. The number of thiophene rings is 1. The van der Waals surface area contributed by atoms with Crippen LogP contribution in [0.5, 0.6) is 5.75 Å². The maximum absolute atomic E-state index is 13.3. The van der Waals surface area contributed by atoms with Crippen molar-refractivity contribution in [2.45, 2.75) is 31.8 Å². The zero-order valence-electron chi connectivity index (χ0n) is 16.8. The van der Waals surface area contributed by atoms with E-state index in [-0.39, 0.29) is 11.7 Å². The van der Waals surface area contributed by atoms with Gasteiger partial charge in [-0.15, -0.1) is 11.3 Å². The third kappa shape index (κ3) is 3.71. The minimum absolute atomic E-state index is 0.0398. The third-order valence-corrected chi connectivity index (χ3v) is 6.55. The van der Waals surface area contributed by atoms with Crippen molar-refractivity contribution in [1.29, 1.82) is 0 Å². The number of imidazole rings is 1. The molecule has 1 aliphatic carbocycles. The highest BCUT2D eigenvalue weighted by atomic mass is 32.1. The zero-order chi connectivity index (χ0) is 20.7. The molecule has 1 saturated carbocycles. The lowest BCUT2D eigenvalue weighted by Crippen LogP contribution is -2.32. The maximum atomic E-state index is 13.3. The van der Waals surface area contributed by atoms with Crippen LogP contribution < -0.4 is 0 Å². The molecular weight excluding hydrogens is 394 g/mol. The summed E-state index contributed by atoms with van der Waals surface area (Å²) in [5.74, 6) is 1.28. The summed E-state index contributed by atoms with van der Waals surface area (Å²) in [6.07, 6.45) is 2.88. The largest absolute Gasteiger partial charge is 0.508 e. The van der Waals surface area contributed by atoms with Crippen molar-refractivity contribution in [3.05, 3.63) is 81.8 Å². The second kappa shape index (κ2) is 7.61. The first-order valence-electron chi connectivity index (χ1n) is 10.1. The summed E-state index contributed by atoms with van der Waals surface area (Å²) in [6, 6.07) is 17.4. The average Bonchev–Trinajstić information content (AvgIpc) is 3.38. The summed E-state index contributed by atoms with van der Waals surface area (Å²) in [6.45, 7) is 0.549. The topological polar surface area (TPSA) is 58.4 Å². The number of phenols is 1. The van der Waals surface area contributed by atoms with Gasteiger partial charge >= 0.3 is 0 Å². The van der Waals surface area contributed by atoms with Gasteiger partial charge in [-0.05, 0) is 60.2 Å². The van der Waals surface area contributed by atoms with E-state index in [0.29, 0.717) is 18.2 Å². The highest BCUT2D eigenvalue weighted by Crippen LogP contribution is 2.31. The van der Waals surface area contributed by atoms with Crippen LogP contribution in [-0.2, 0) is 20.0 Å². The Bertz CT molecular complexity index is 1190.